The standard InChI is InChI=1S/C52H90N14O13/c1-29(2)26-38(49(75)58-31(5)44(70)65-40(28-67)52(78)79)64-47(73)37(21-22-41(57)68)62-46(72)35(19-11-14-24-54)60-43(69)32(6)59-51(77)42(30(3)4)66-48(74)36(20-12-15-25-55)61-50(76)39(27-33-16-8-7-9-17-33)63-45(71)34(56)18-10-13-23-53/h7-9,16-17,29-32,34-40,42,67H,10-15,18-28,53-56H2,1-6H3,(H2,57,68)(H,58,75)(H,59,77)(H,60,69)(H,61,76)(H,62,72)(H,63,71)(H,64,73)(H,65,70)(H,66,74)(H,78,79)/t31-,32-,34-,35-,36-,37-,38-,39-,40-,42-/m0/s1. The molecule has 0 aliphatic rings. The van der Waals surface area contributed by atoms with Gasteiger partial charge in [-0.05, 0) is 115 Å². The predicted molar refractivity (Wildman–Crippen MR) is 293 cm³/mol. The zero-order valence-corrected chi connectivity index (χ0v) is 46.6. The van der Waals surface area contributed by atoms with Gasteiger partial charge in [0.05, 0.1) is 12.6 Å². The number of benzene rings is 1. The number of carboxylic acid groups (broad SMARTS) is 1. The number of primary amides is 1. The first-order valence-corrected chi connectivity index (χ1v) is 27.0. The van der Waals surface area contributed by atoms with Gasteiger partial charge in [0.1, 0.15) is 54.4 Å². The average molecular weight is 1120 g/mol. The largest absolute Gasteiger partial charge is 0.480 e. The number of hydrogen-bond donors (Lipinski definition) is 16. The molecule has 0 bridgehead atoms. The number of carbonyl (C=O) groups excluding carboxylic acids is 10. The van der Waals surface area contributed by atoms with Crippen LogP contribution in [-0.4, -0.2) is 162 Å². The highest BCUT2D eigenvalue weighted by Gasteiger charge is 2.35. The van der Waals surface area contributed by atoms with E-state index in [4.69, 9.17) is 28.7 Å². The van der Waals surface area contributed by atoms with Crippen LogP contribution in [0.1, 0.15) is 124 Å². The smallest absolute Gasteiger partial charge is 0.328 e. The van der Waals surface area contributed by atoms with Crippen molar-refractivity contribution < 1.29 is 63.0 Å². The van der Waals surface area contributed by atoms with Crippen LogP contribution in [0.15, 0.2) is 30.3 Å². The Morgan fingerprint density at radius 1 is 0.468 bits per heavy atom. The second kappa shape index (κ2) is 37.9. The Balaban J connectivity index is 3.36. The highest BCUT2D eigenvalue weighted by molar-refractivity contribution is 5.98. The summed E-state index contributed by atoms with van der Waals surface area (Å²) in [6, 6.07) is -4.05. The van der Waals surface area contributed by atoms with Gasteiger partial charge in [-0.15, -0.1) is 0 Å². The molecule has 0 saturated carbocycles. The molecule has 21 N–H and O–H groups in total. The number of hydrogen-bond acceptors (Lipinski definition) is 16. The zero-order valence-electron chi connectivity index (χ0n) is 46.6. The lowest BCUT2D eigenvalue weighted by atomic mass is 10.0. The van der Waals surface area contributed by atoms with E-state index in [-0.39, 0.29) is 44.6 Å². The first-order valence-electron chi connectivity index (χ1n) is 27.0. The van der Waals surface area contributed by atoms with Crippen LogP contribution in [-0.2, 0) is 59.2 Å². The fourth-order valence-corrected chi connectivity index (χ4v) is 7.89. The third-order valence-corrected chi connectivity index (χ3v) is 12.6. The third-order valence-electron chi connectivity index (χ3n) is 12.6. The van der Waals surface area contributed by atoms with Gasteiger partial charge < -0.3 is 86.7 Å². The summed E-state index contributed by atoms with van der Waals surface area (Å²) in [6.45, 7) is 9.42. The molecule has 0 radical (unpaired) electrons. The number of aliphatic hydroxyl groups excluding tert-OH is 1. The number of carbonyl (C=O) groups is 11. The van der Waals surface area contributed by atoms with Gasteiger partial charge in [-0.1, -0.05) is 64.4 Å². The van der Waals surface area contributed by atoms with Crippen molar-refractivity contribution in [2.75, 3.05) is 26.2 Å². The summed E-state index contributed by atoms with van der Waals surface area (Å²) in [5.74, 6) is -10.3. The third kappa shape index (κ3) is 27.6. The van der Waals surface area contributed by atoms with Gasteiger partial charge >= 0.3 is 5.97 Å². The van der Waals surface area contributed by atoms with Crippen molar-refractivity contribution in [3.05, 3.63) is 35.9 Å². The molecule has 27 nitrogen and oxygen atoms in total. The van der Waals surface area contributed by atoms with Crippen molar-refractivity contribution in [1.82, 2.24) is 47.9 Å². The molecule has 27 heteroatoms. The van der Waals surface area contributed by atoms with Crippen LogP contribution in [0, 0.1) is 11.8 Å². The summed E-state index contributed by atoms with van der Waals surface area (Å²) in [7, 11) is 0. The number of unbranched alkanes of at least 4 members (excludes halogenated alkanes) is 3. The van der Waals surface area contributed by atoms with E-state index in [9.17, 15) is 63.0 Å². The van der Waals surface area contributed by atoms with Crippen LogP contribution >= 0.6 is 0 Å². The molecule has 0 heterocycles. The minimum Gasteiger partial charge on any atom is -0.480 e. The van der Waals surface area contributed by atoms with Crippen LogP contribution in [0.25, 0.3) is 0 Å². The van der Waals surface area contributed by atoms with E-state index >= 15 is 0 Å². The van der Waals surface area contributed by atoms with E-state index in [2.05, 4.69) is 47.9 Å². The van der Waals surface area contributed by atoms with E-state index in [0.717, 1.165) is 5.56 Å². The van der Waals surface area contributed by atoms with Gasteiger partial charge in [0.2, 0.25) is 59.1 Å². The first kappa shape index (κ1) is 70.2. The van der Waals surface area contributed by atoms with Crippen molar-refractivity contribution in [2.45, 2.75) is 185 Å². The maximum absolute atomic E-state index is 14.1. The maximum atomic E-state index is 14.1. The summed E-state index contributed by atoms with van der Waals surface area (Å²) in [4.78, 5) is 146. The van der Waals surface area contributed by atoms with E-state index in [1.807, 2.05) is 0 Å². The lowest BCUT2D eigenvalue weighted by Gasteiger charge is -2.28. The van der Waals surface area contributed by atoms with Crippen molar-refractivity contribution in [1.29, 1.82) is 0 Å². The van der Waals surface area contributed by atoms with Crippen LogP contribution in [0.5, 0.6) is 0 Å². The highest BCUT2D eigenvalue weighted by atomic mass is 16.4. The number of nitrogens with two attached hydrogens (primary N) is 5. The number of nitrogens with one attached hydrogen (secondary N) is 9. The molecule has 0 aliphatic heterocycles. The Morgan fingerprint density at radius 2 is 0.873 bits per heavy atom. The lowest BCUT2D eigenvalue weighted by Crippen LogP contribution is -2.61. The Kier molecular flexibility index (Phi) is 33.7. The molecule has 0 aromatic heterocycles. The number of aliphatic carboxylic acids is 1. The molecule has 0 saturated heterocycles. The molecule has 79 heavy (non-hydrogen) atoms. The van der Waals surface area contributed by atoms with Gasteiger partial charge in [0.15, 0.2) is 0 Å². The molecular formula is C52H90N14O13. The molecule has 446 valence electrons. The number of amides is 10. The van der Waals surface area contributed by atoms with Gasteiger partial charge in [-0.2, -0.15) is 0 Å². The zero-order chi connectivity index (χ0) is 59.8. The van der Waals surface area contributed by atoms with E-state index in [0.29, 0.717) is 58.0 Å². The van der Waals surface area contributed by atoms with Crippen LogP contribution in [0.2, 0.25) is 0 Å². The van der Waals surface area contributed by atoms with Gasteiger partial charge in [-0.25, -0.2) is 4.79 Å². The van der Waals surface area contributed by atoms with Gasteiger partial charge in [0.25, 0.3) is 0 Å². The van der Waals surface area contributed by atoms with Crippen molar-refractivity contribution in [3.8, 4) is 0 Å². The summed E-state index contributed by atoms with van der Waals surface area (Å²) in [5, 5.41) is 41.5. The molecule has 10 atom stereocenters. The summed E-state index contributed by atoms with van der Waals surface area (Å²) in [6.07, 6.45) is 2.70. The second-order valence-corrected chi connectivity index (χ2v) is 20.4. The molecule has 0 aliphatic carbocycles. The summed E-state index contributed by atoms with van der Waals surface area (Å²) in [5.41, 5.74) is 29.4. The first-order chi connectivity index (χ1) is 37.3. The fraction of sp³-hybridized carbons (Fsp3) is 0.673. The van der Waals surface area contributed by atoms with Crippen LogP contribution in [0.4, 0.5) is 0 Å². The van der Waals surface area contributed by atoms with Crippen molar-refractivity contribution in [2.24, 2.45) is 40.5 Å². The van der Waals surface area contributed by atoms with Gasteiger partial charge in [-0.3, -0.25) is 47.9 Å². The summed E-state index contributed by atoms with van der Waals surface area (Å²) < 4.78 is 0. The minimum atomic E-state index is -1.65. The van der Waals surface area contributed by atoms with Crippen molar-refractivity contribution >= 4 is 65.0 Å². The molecule has 10 amide bonds. The molecule has 0 unspecified atom stereocenters. The predicted octanol–water partition coefficient (Wildman–Crippen LogP) is -3.61. The topological polar surface area (TPSA) is 467 Å². The molecular weight excluding hydrogens is 1030 g/mol. The Labute approximate surface area is 462 Å². The maximum Gasteiger partial charge on any atom is 0.328 e. The molecule has 0 fully saturated rings. The van der Waals surface area contributed by atoms with E-state index in [1.54, 1.807) is 58.0 Å². The normalized spacial score (nSPS) is 15.0. The Hall–Kier alpha value is -6.81. The molecule has 0 spiro atoms. The Bertz CT molecular complexity index is 2140. The fourth-order valence-electron chi connectivity index (χ4n) is 7.89. The quantitative estimate of drug-likeness (QED) is 0.0282. The van der Waals surface area contributed by atoms with Crippen LogP contribution < -0.4 is 76.5 Å². The number of carboxylic acids is 1. The van der Waals surface area contributed by atoms with Gasteiger partial charge in [0, 0.05) is 12.8 Å². The number of rotatable bonds is 40. The monoisotopic (exact) mass is 1120 g/mol. The minimum absolute atomic E-state index is 0.00360. The highest BCUT2D eigenvalue weighted by Crippen LogP contribution is 2.12. The molecule has 1 aromatic rings. The average Bonchev–Trinajstić information content (AvgIpc) is 3.38. The van der Waals surface area contributed by atoms with Crippen LogP contribution in [0.3, 0.4) is 0 Å². The number of aliphatic hydroxyl groups is 1. The second-order valence-electron chi connectivity index (χ2n) is 20.4. The SMILES string of the molecule is CC(C)C[C@H](NC(=O)[C@H](CCC(N)=O)NC(=O)[C@H](CCCCN)NC(=O)[C@H](C)NC(=O)[C@@H](NC(=O)[C@H](CCCCN)NC(=O)[C@H](Cc1ccccc1)NC(=O)[C@@H](N)CCCCN)C(C)C)C(=O)N[C@@H](C)C(=O)N[C@@H](CO)C(=O)O. The van der Waals surface area contributed by atoms with E-state index in [1.165, 1.54) is 13.8 Å². The lowest BCUT2D eigenvalue weighted by molar-refractivity contribution is -0.143. The van der Waals surface area contributed by atoms with E-state index < -0.39 is 144 Å². The summed E-state index contributed by atoms with van der Waals surface area (Å²) >= 11 is 0. The molecule has 1 rings (SSSR count). The van der Waals surface area contributed by atoms with Crippen molar-refractivity contribution in [3.63, 3.8) is 0 Å². The Morgan fingerprint density at radius 3 is 1.33 bits per heavy atom. The molecule has 1 aromatic carbocycles.